The molecule has 1 fully saturated rings. The molecule has 1 atom stereocenters. The fraction of sp³-hybridized carbons (Fsp3) is 0.333. The number of hydrogen-bond acceptors (Lipinski definition) is 4. The van der Waals surface area contributed by atoms with Crippen molar-refractivity contribution < 1.29 is 9.59 Å². The van der Waals surface area contributed by atoms with Crippen LogP contribution in [0.3, 0.4) is 0 Å². The SMILES string of the molecule is Cc1cc(C)cc(C(=O)N2CCC[C@H](C(=O)NCc3ccnc(-n4cccn4)c3)C2)c1. The van der Waals surface area contributed by atoms with Gasteiger partial charge in [0.25, 0.3) is 5.91 Å². The van der Waals surface area contributed by atoms with Gasteiger partial charge in [0.15, 0.2) is 5.82 Å². The number of hydrogen-bond donors (Lipinski definition) is 1. The predicted molar refractivity (Wildman–Crippen MR) is 118 cm³/mol. The molecule has 1 aromatic carbocycles. The zero-order valence-corrected chi connectivity index (χ0v) is 17.9. The van der Waals surface area contributed by atoms with Crippen molar-refractivity contribution >= 4 is 11.8 Å². The number of carbonyl (C=O) groups is 2. The number of piperidine rings is 1. The van der Waals surface area contributed by atoms with Crippen LogP contribution in [-0.4, -0.2) is 44.6 Å². The lowest BCUT2D eigenvalue weighted by Crippen LogP contribution is -2.45. The molecule has 7 heteroatoms. The highest BCUT2D eigenvalue weighted by Gasteiger charge is 2.29. The maximum atomic E-state index is 13.0. The highest BCUT2D eigenvalue weighted by molar-refractivity contribution is 5.95. The molecule has 0 spiro atoms. The molecule has 0 radical (unpaired) electrons. The van der Waals surface area contributed by atoms with Gasteiger partial charge in [0, 0.05) is 43.8 Å². The van der Waals surface area contributed by atoms with Crippen molar-refractivity contribution in [2.45, 2.75) is 33.2 Å². The Morgan fingerprint density at radius 3 is 2.68 bits per heavy atom. The minimum Gasteiger partial charge on any atom is -0.352 e. The van der Waals surface area contributed by atoms with Crippen molar-refractivity contribution in [3.05, 3.63) is 77.2 Å². The first-order valence-corrected chi connectivity index (χ1v) is 10.6. The number of carbonyl (C=O) groups excluding carboxylic acids is 2. The number of amides is 2. The average Bonchev–Trinajstić information content (AvgIpc) is 3.32. The molecule has 160 valence electrons. The molecule has 2 amide bonds. The smallest absolute Gasteiger partial charge is 0.253 e. The van der Waals surface area contributed by atoms with Gasteiger partial charge in [-0.2, -0.15) is 5.10 Å². The van der Waals surface area contributed by atoms with E-state index in [1.807, 2.05) is 55.3 Å². The second-order valence-corrected chi connectivity index (χ2v) is 8.16. The van der Waals surface area contributed by atoms with E-state index in [1.165, 1.54) is 0 Å². The molecule has 1 aliphatic heterocycles. The highest BCUT2D eigenvalue weighted by atomic mass is 16.2. The Labute approximate surface area is 182 Å². The number of nitrogens with one attached hydrogen (secondary N) is 1. The van der Waals surface area contributed by atoms with E-state index in [0.29, 0.717) is 31.0 Å². The van der Waals surface area contributed by atoms with Gasteiger partial charge in [-0.15, -0.1) is 0 Å². The van der Waals surface area contributed by atoms with Gasteiger partial charge in [0.2, 0.25) is 5.91 Å². The molecule has 1 N–H and O–H groups in total. The average molecular weight is 418 g/mol. The molecule has 1 aliphatic rings. The van der Waals surface area contributed by atoms with E-state index in [9.17, 15) is 9.59 Å². The van der Waals surface area contributed by atoms with Crippen molar-refractivity contribution in [1.29, 1.82) is 0 Å². The van der Waals surface area contributed by atoms with E-state index in [1.54, 1.807) is 17.1 Å². The maximum Gasteiger partial charge on any atom is 0.253 e. The summed E-state index contributed by atoms with van der Waals surface area (Å²) < 4.78 is 1.68. The summed E-state index contributed by atoms with van der Waals surface area (Å²) in [7, 11) is 0. The normalized spacial score (nSPS) is 16.2. The van der Waals surface area contributed by atoms with Crippen molar-refractivity contribution in [2.24, 2.45) is 5.92 Å². The summed E-state index contributed by atoms with van der Waals surface area (Å²) in [6.07, 6.45) is 6.85. The van der Waals surface area contributed by atoms with Crippen LogP contribution in [0.4, 0.5) is 0 Å². The van der Waals surface area contributed by atoms with Crippen LogP contribution in [0, 0.1) is 19.8 Å². The third-order valence-electron chi connectivity index (χ3n) is 5.56. The first-order chi connectivity index (χ1) is 15.0. The van der Waals surface area contributed by atoms with Gasteiger partial charge in [-0.05, 0) is 62.6 Å². The molecule has 3 aromatic rings. The summed E-state index contributed by atoms with van der Waals surface area (Å²) in [5.41, 5.74) is 3.79. The lowest BCUT2D eigenvalue weighted by atomic mass is 9.96. The first-order valence-electron chi connectivity index (χ1n) is 10.6. The lowest BCUT2D eigenvalue weighted by molar-refractivity contribution is -0.126. The largest absolute Gasteiger partial charge is 0.352 e. The van der Waals surface area contributed by atoms with Crippen LogP contribution in [0.1, 0.15) is 39.9 Å². The Bertz CT molecular complexity index is 1060. The number of aromatic nitrogens is 3. The fourth-order valence-electron chi connectivity index (χ4n) is 4.09. The topological polar surface area (TPSA) is 80.1 Å². The van der Waals surface area contributed by atoms with Crippen molar-refractivity contribution in [1.82, 2.24) is 25.0 Å². The zero-order valence-electron chi connectivity index (χ0n) is 17.9. The van der Waals surface area contributed by atoms with E-state index >= 15 is 0 Å². The van der Waals surface area contributed by atoms with E-state index < -0.39 is 0 Å². The van der Waals surface area contributed by atoms with Crippen LogP contribution in [0.5, 0.6) is 0 Å². The first kappa shape index (κ1) is 20.8. The summed E-state index contributed by atoms with van der Waals surface area (Å²) in [5.74, 6) is 0.494. The predicted octanol–water partition coefficient (Wildman–Crippen LogP) is 3.05. The number of likely N-dealkylation sites (tertiary alicyclic amines) is 1. The minimum atomic E-state index is -0.198. The highest BCUT2D eigenvalue weighted by Crippen LogP contribution is 2.20. The Hall–Kier alpha value is -3.48. The standard InChI is InChI=1S/C24H27N5O2/c1-17-11-18(2)13-21(12-17)24(31)28-9-3-5-20(16-28)23(30)26-15-19-6-8-25-22(14-19)29-10-4-7-27-29/h4,6-8,10-14,20H,3,5,9,15-16H2,1-2H3,(H,26,30)/t20-/m0/s1. The lowest BCUT2D eigenvalue weighted by Gasteiger charge is -2.32. The number of aryl methyl sites for hydroxylation is 2. The third kappa shape index (κ3) is 4.99. The molecular formula is C24H27N5O2. The van der Waals surface area contributed by atoms with Gasteiger partial charge in [-0.25, -0.2) is 9.67 Å². The van der Waals surface area contributed by atoms with E-state index in [2.05, 4.69) is 21.5 Å². The summed E-state index contributed by atoms with van der Waals surface area (Å²) in [4.78, 5) is 31.9. The van der Waals surface area contributed by atoms with Crippen LogP contribution in [0.2, 0.25) is 0 Å². The van der Waals surface area contributed by atoms with E-state index in [-0.39, 0.29) is 17.7 Å². The maximum absolute atomic E-state index is 13.0. The molecule has 2 aromatic heterocycles. The second-order valence-electron chi connectivity index (χ2n) is 8.16. The fourth-order valence-corrected chi connectivity index (χ4v) is 4.09. The monoisotopic (exact) mass is 417 g/mol. The van der Waals surface area contributed by atoms with Gasteiger partial charge in [0.05, 0.1) is 5.92 Å². The second kappa shape index (κ2) is 9.12. The molecule has 0 saturated carbocycles. The van der Waals surface area contributed by atoms with Crippen LogP contribution in [0.15, 0.2) is 55.0 Å². The molecule has 0 unspecified atom stereocenters. The Morgan fingerprint density at radius 2 is 1.94 bits per heavy atom. The molecule has 31 heavy (non-hydrogen) atoms. The quantitative estimate of drug-likeness (QED) is 0.692. The van der Waals surface area contributed by atoms with Gasteiger partial charge < -0.3 is 10.2 Å². The summed E-state index contributed by atoms with van der Waals surface area (Å²) in [6, 6.07) is 11.5. The minimum absolute atomic E-state index is 0.00213. The van der Waals surface area contributed by atoms with Crippen molar-refractivity contribution in [3.8, 4) is 5.82 Å². The van der Waals surface area contributed by atoms with Crippen molar-refractivity contribution in [2.75, 3.05) is 13.1 Å². The van der Waals surface area contributed by atoms with Crippen LogP contribution in [-0.2, 0) is 11.3 Å². The van der Waals surface area contributed by atoms with Gasteiger partial charge in [-0.3, -0.25) is 9.59 Å². The van der Waals surface area contributed by atoms with Gasteiger partial charge in [0.1, 0.15) is 0 Å². The van der Waals surface area contributed by atoms with Crippen LogP contribution in [0.25, 0.3) is 5.82 Å². The summed E-state index contributed by atoms with van der Waals surface area (Å²) in [6.45, 7) is 5.54. The van der Waals surface area contributed by atoms with Crippen LogP contribution < -0.4 is 5.32 Å². The number of benzene rings is 1. The number of nitrogens with zero attached hydrogens (tertiary/aromatic N) is 4. The zero-order chi connectivity index (χ0) is 21.8. The van der Waals surface area contributed by atoms with Gasteiger partial charge >= 0.3 is 0 Å². The van der Waals surface area contributed by atoms with E-state index in [0.717, 1.165) is 29.5 Å². The molecule has 7 nitrogen and oxygen atoms in total. The molecule has 0 bridgehead atoms. The molecular weight excluding hydrogens is 390 g/mol. The molecule has 4 rings (SSSR count). The Kier molecular flexibility index (Phi) is 6.11. The Balaban J connectivity index is 1.37. The summed E-state index contributed by atoms with van der Waals surface area (Å²) in [5, 5.41) is 7.21. The van der Waals surface area contributed by atoms with Crippen LogP contribution >= 0.6 is 0 Å². The van der Waals surface area contributed by atoms with E-state index in [4.69, 9.17) is 0 Å². The molecule has 3 heterocycles. The Morgan fingerprint density at radius 1 is 1.13 bits per heavy atom. The third-order valence-corrected chi connectivity index (χ3v) is 5.56. The van der Waals surface area contributed by atoms with Crippen molar-refractivity contribution in [3.63, 3.8) is 0 Å². The summed E-state index contributed by atoms with van der Waals surface area (Å²) >= 11 is 0. The molecule has 1 saturated heterocycles. The molecule has 0 aliphatic carbocycles. The number of rotatable bonds is 5. The number of pyridine rings is 1. The van der Waals surface area contributed by atoms with Gasteiger partial charge in [-0.1, -0.05) is 17.2 Å².